The first kappa shape index (κ1) is 17.0. The molecule has 1 saturated heterocycles. The Bertz CT molecular complexity index is 677. The van der Waals surface area contributed by atoms with E-state index in [2.05, 4.69) is 16.3 Å². The average Bonchev–Trinajstić information content (AvgIpc) is 2.59. The van der Waals surface area contributed by atoms with Crippen LogP contribution in [-0.2, 0) is 0 Å². The summed E-state index contributed by atoms with van der Waals surface area (Å²) in [6.07, 6.45) is 2.74. The molecular weight excluding hydrogens is 322 g/mol. The number of aliphatic hydroxyl groups is 1. The SMILES string of the molecule is CC1(C)Oc2ccc(C#N)cc2[C@@H](NC(=S)N2CCCCC2)[C@@H]1O. The summed E-state index contributed by atoms with van der Waals surface area (Å²) in [7, 11) is 0. The number of hydrogen-bond acceptors (Lipinski definition) is 4. The van der Waals surface area contributed by atoms with Crippen LogP contribution in [0.5, 0.6) is 5.75 Å². The van der Waals surface area contributed by atoms with Gasteiger partial charge in [-0.2, -0.15) is 5.26 Å². The van der Waals surface area contributed by atoms with Gasteiger partial charge in [0.1, 0.15) is 17.5 Å². The van der Waals surface area contributed by atoms with E-state index >= 15 is 0 Å². The predicted molar refractivity (Wildman–Crippen MR) is 95.8 cm³/mol. The Hall–Kier alpha value is -1.84. The van der Waals surface area contributed by atoms with Crippen molar-refractivity contribution in [3.63, 3.8) is 0 Å². The smallest absolute Gasteiger partial charge is 0.169 e. The number of nitrogens with one attached hydrogen (secondary N) is 1. The van der Waals surface area contributed by atoms with Gasteiger partial charge >= 0.3 is 0 Å². The van der Waals surface area contributed by atoms with Crippen molar-refractivity contribution in [3.05, 3.63) is 29.3 Å². The highest BCUT2D eigenvalue weighted by Gasteiger charge is 2.43. The van der Waals surface area contributed by atoms with Crippen LogP contribution in [0.15, 0.2) is 18.2 Å². The maximum absolute atomic E-state index is 10.8. The first-order chi connectivity index (χ1) is 11.4. The fourth-order valence-corrected chi connectivity index (χ4v) is 3.66. The fourth-order valence-electron chi connectivity index (χ4n) is 3.35. The number of ether oxygens (including phenoxy) is 1. The minimum absolute atomic E-state index is 0.397. The van der Waals surface area contributed by atoms with Crippen LogP contribution >= 0.6 is 12.2 Å². The third-order valence-electron chi connectivity index (χ3n) is 4.80. The lowest BCUT2D eigenvalue weighted by atomic mass is 9.86. The Morgan fingerprint density at radius 1 is 1.38 bits per heavy atom. The molecule has 2 N–H and O–H groups in total. The molecule has 0 unspecified atom stereocenters. The standard InChI is InChI=1S/C18H23N3O2S/c1-18(2)16(22)15(20-17(24)21-8-4-3-5-9-21)13-10-12(11-19)6-7-14(13)23-18/h6-7,10,15-16,22H,3-5,8-9H2,1-2H3,(H,20,24)/t15-,16+/m1/s1. The molecule has 0 saturated carbocycles. The molecule has 1 aromatic rings. The second kappa shape index (κ2) is 6.58. The van der Waals surface area contributed by atoms with E-state index in [1.165, 1.54) is 6.42 Å². The summed E-state index contributed by atoms with van der Waals surface area (Å²) in [5.74, 6) is 0.684. The van der Waals surface area contributed by atoms with Gasteiger partial charge in [-0.05, 0) is 63.5 Å². The number of nitrogens with zero attached hydrogens (tertiary/aromatic N) is 2. The number of likely N-dealkylation sites (tertiary alicyclic amines) is 1. The molecule has 0 amide bonds. The summed E-state index contributed by atoms with van der Waals surface area (Å²) < 4.78 is 5.93. The lowest BCUT2D eigenvalue weighted by Crippen LogP contribution is -2.55. The third kappa shape index (κ3) is 3.19. The van der Waals surface area contributed by atoms with Crippen molar-refractivity contribution in [2.24, 2.45) is 0 Å². The molecule has 24 heavy (non-hydrogen) atoms. The number of benzene rings is 1. The van der Waals surface area contributed by atoms with E-state index in [9.17, 15) is 10.4 Å². The Morgan fingerprint density at radius 2 is 2.08 bits per heavy atom. The van der Waals surface area contributed by atoms with Crippen molar-refractivity contribution in [2.75, 3.05) is 13.1 Å². The first-order valence-electron chi connectivity index (χ1n) is 8.39. The first-order valence-corrected chi connectivity index (χ1v) is 8.80. The molecule has 128 valence electrons. The van der Waals surface area contributed by atoms with E-state index in [0.29, 0.717) is 16.4 Å². The average molecular weight is 345 g/mol. The van der Waals surface area contributed by atoms with E-state index in [1.807, 2.05) is 13.8 Å². The molecule has 0 spiro atoms. The van der Waals surface area contributed by atoms with Crippen LogP contribution in [0.25, 0.3) is 0 Å². The van der Waals surface area contributed by atoms with Crippen molar-refractivity contribution in [1.82, 2.24) is 10.2 Å². The van der Waals surface area contributed by atoms with E-state index in [0.717, 1.165) is 31.5 Å². The van der Waals surface area contributed by atoms with Crippen molar-refractivity contribution < 1.29 is 9.84 Å². The molecule has 5 nitrogen and oxygen atoms in total. The molecule has 2 aliphatic rings. The number of rotatable bonds is 1. The van der Waals surface area contributed by atoms with Crippen LogP contribution in [0, 0.1) is 11.3 Å². The highest BCUT2D eigenvalue weighted by molar-refractivity contribution is 7.80. The molecule has 2 atom stereocenters. The third-order valence-corrected chi connectivity index (χ3v) is 5.17. The van der Waals surface area contributed by atoms with Gasteiger partial charge in [-0.3, -0.25) is 0 Å². The number of piperidine rings is 1. The molecule has 0 aliphatic carbocycles. The number of aliphatic hydroxyl groups excluding tert-OH is 1. The van der Waals surface area contributed by atoms with Crippen molar-refractivity contribution >= 4 is 17.3 Å². The largest absolute Gasteiger partial charge is 0.485 e. The molecule has 2 heterocycles. The van der Waals surface area contributed by atoms with Gasteiger partial charge in [-0.1, -0.05) is 0 Å². The lowest BCUT2D eigenvalue weighted by Gasteiger charge is -2.43. The number of thiocarbonyl (C=S) groups is 1. The molecular formula is C18H23N3O2S. The van der Waals surface area contributed by atoms with Crippen LogP contribution in [0.4, 0.5) is 0 Å². The summed E-state index contributed by atoms with van der Waals surface area (Å²) in [6, 6.07) is 7.03. The summed E-state index contributed by atoms with van der Waals surface area (Å²) in [6.45, 7) is 5.61. The zero-order valence-corrected chi connectivity index (χ0v) is 14.9. The highest BCUT2D eigenvalue weighted by Crippen LogP contribution is 2.40. The van der Waals surface area contributed by atoms with E-state index in [1.54, 1.807) is 18.2 Å². The molecule has 1 aromatic carbocycles. The Balaban J connectivity index is 1.90. The van der Waals surface area contributed by atoms with Crippen LogP contribution in [0.1, 0.15) is 50.3 Å². The van der Waals surface area contributed by atoms with Gasteiger partial charge in [0.25, 0.3) is 0 Å². The zero-order chi connectivity index (χ0) is 17.3. The van der Waals surface area contributed by atoms with Crippen LogP contribution < -0.4 is 10.1 Å². The van der Waals surface area contributed by atoms with Gasteiger partial charge in [0, 0.05) is 18.7 Å². The van der Waals surface area contributed by atoms with E-state index in [4.69, 9.17) is 17.0 Å². The Morgan fingerprint density at radius 3 is 2.75 bits per heavy atom. The molecule has 0 radical (unpaired) electrons. The predicted octanol–water partition coefficient (Wildman–Crippen LogP) is 2.49. The molecule has 0 bridgehead atoms. The Kier molecular flexibility index (Phi) is 4.66. The van der Waals surface area contributed by atoms with Gasteiger partial charge in [0.15, 0.2) is 5.11 Å². The van der Waals surface area contributed by atoms with Crippen molar-refractivity contribution in [1.29, 1.82) is 5.26 Å². The van der Waals surface area contributed by atoms with Gasteiger partial charge in [0.2, 0.25) is 0 Å². The lowest BCUT2D eigenvalue weighted by molar-refractivity contribution is -0.0614. The van der Waals surface area contributed by atoms with Gasteiger partial charge < -0.3 is 20.1 Å². The number of hydrogen-bond donors (Lipinski definition) is 2. The second-order valence-corrected chi connectivity index (χ2v) is 7.38. The minimum atomic E-state index is -0.776. The molecule has 6 heteroatoms. The topological polar surface area (TPSA) is 68.5 Å². The molecule has 0 aromatic heterocycles. The summed E-state index contributed by atoms with van der Waals surface area (Å²) in [5.41, 5.74) is 0.580. The van der Waals surface area contributed by atoms with Crippen molar-refractivity contribution in [3.8, 4) is 11.8 Å². The van der Waals surface area contributed by atoms with Gasteiger partial charge in [0.05, 0.1) is 17.7 Å². The van der Waals surface area contributed by atoms with E-state index in [-0.39, 0.29) is 0 Å². The van der Waals surface area contributed by atoms with E-state index < -0.39 is 17.7 Å². The Labute approximate surface area is 148 Å². The summed E-state index contributed by atoms with van der Waals surface area (Å²) in [4.78, 5) is 2.15. The molecule has 3 rings (SSSR count). The maximum atomic E-state index is 10.8. The molecule has 1 fully saturated rings. The molecule has 2 aliphatic heterocycles. The summed E-state index contributed by atoms with van der Waals surface area (Å²) in [5, 5.41) is 24.0. The monoisotopic (exact) mass is 345 g/mol. The van der Waals surface area contributed by atoms with Crippen LogP contribution in [0.2, 0.25) is 0 Å². The zero-order valence-electron chi connectivity index (χ0n) is 14.1. The number of nitriles is 1. The normalized spacial score (nSPS) is 25.2. The quantitative estimate of drug-likeness (QED) is 0.762. The van der Waals surface area contributed by atoms with Crippen LogP contribution in [-0.4, -0.2) is 39.9 Å². The number of fused-ring (bicyclic) bond motifs is 1. The summed E-state index contributed by atoms with van der Waals surface area (Å²) >= 11 is 5.57. The van der Waals surface area contributed by atoms with Gasteiger partial charge in [-0.25, -0.2) is 0 Å². The second-order valence-electron chi connectivity index (χ2n) is 6.99. The maximum Gasteiger partial charge on any atom is 0.169 e. The van der Waals surface area contributed by atoms with Crippen LogP contribution in [0.3, 0.4) is 0 Å². The highest BCUT2D eigenvalue weighted by atomic mass is 32.1. The minimum Gasteiger partial charge on any atom is -0.485 e. The van der Waals surface area contributed by atoms with Gasteiger partial charge in [-0.15, -0.1) is 0 Å². The van der Waals surface area contributed by atoms with Crippen molar-refractivity contribution in [2.45, 2.75) is 50.9 Å². The fraction of sp³-hybridized carbons (Fsp3) is 0.556.